The van der Waals surface area contributed by atoms with Crippen LogP contribution in [0.5, 0.6) is 0 Å². The second-order valence-electron chi connectivity index (χ2n) is 6.21. The van der Waals surface area contributed by atoms with Crippen molar-refractivity contribution in [2.75, 3.05) is 5.32 Å². The molecule has 1 N–H and O–H groups in total. The number of amides is 1. The SMILES string of the molecule is C=CCCC(=O)Nc1ccc(-c2ccc3nnc(-c4cccnc4)n3n2)cc1. The smallest absolute Gasteiger partial charge is 0.224 e. The molecule has 0 bridgehead atoms. The van der Waals surface area contributed by atoms with Gasteiger partial charge in [-0.25, -0.2) is 0 Å². The van der Waals surface area contributed by atoms with Crippen molar-refractivity contribution in [3.8, 4) is 22.6 Å². The van der Waals surface area contributed by atoms with Gasteiger partial charge in [0.05, 0.1) is 5.69 Å². The molecule has 7 nitrogen and oxygen atoms in total. The van der Waals surface area contributed by atoms with Crippen LogP contribution < -0.4 is 5.32 Å². The Bertz CT molecular complexity index is 1120. The van der Waals surface area contributed by atoms with Gasteiger partial charge >= 0.3 is 0 Å². The lowest BCUT2D eigenvalue weighted by molar-refractivity contribution is -0.116. The van der Waals surface area contributed by atoms with E-state index in [2.05, 4.69) is 32.2 Å². The van der Waals surface area contributed by atoms with E-state index in [4.69, 9.17) is 0 Å². The van der Waals surface area contributed by atoms with Crippen LogP contribution in [-0.2, 0) is 4.79 Å². The first-order valence-electron chi connectivity index (χ1n) is 8.88. The lowest BCUT2D eigenvalue weighted by Crippen LogP contribution is -2.10. The number of carbonyl (C=O) groups excluding carboxylic acids is 1. The van der Waals surface area contributed by atoms with E-state index >= 15 is 0 Å². The highest BCUT2D eigenvalue weighted by Crippen LogP contribution is 2.22. The number of nitrogens with one attached hydrogen (secondary N) is 1. The summed E-state index contributed by atoms with van der Waals surface area (Å²) in [7, 11) is 0. The Morgan fingerprint density at radius 1 is 1.07 bits per heavy atom. The molecular weight excluding hydrogens is 352 g/mol. The summed E-state index contributed by atoms with van der Waals surface area (Å²) in [5.74, 6) is 0.605. The number of aromatic nitrogens is 5. The van der Waals surface area contributed by atoms with Crippen LogP contribution in [0.15, 0.2) is 73.6 Å². The van der Waals surface area contributed by atoms with Gasteiger partial charge in [-0.3, -0.25) is 9.78 Å². The third-order valence-electron chi connectivity index (χ3n) is 4.22. The largest absolute Gasteiger partial charge is 0.326 e. The lowest BCUT2D eigenvalue weighted by atomic mass is 10.1. The second kappa shape index (κ2) is 7.79. The minimum atomic E-state index is -0.0298. The van der Waals surface area contributed by atoms with E-state index in [0.717, 1.165) is 22.5 Å². The molecule has 4 aromatic rings. The van der Waals surface area contributed by atoms with Crippen LogP contribution in [0.2, 0.25) is 0 Å². The van der Waals surface area contributed by atoms with Gasteiger partial charge in [0.2, 0.25) is 5.91 Å². The molecule has 0 aliphatic rings. The summed E-state index contributed by atoms with van der Waals surface area (Å²) in [5.41, 5.74) is 3.96. The van der Waals surface area contributed by atoms with Crippen LogP contribution in [-0.4, -0.2) is 30.7 Å². The number of hydrogen-bond donors (Lipinski definition) is 1. The van der Waals surface area contributed by atoms with Gasteiger partial charge in [0.25, 0.3) is 0 Å². The third-order valence-corrected chi connectivity index (χ3v) is 4.22. The van der Waals surface area contributed by atoms with E-state index in [0.29, 0.717) is 24.3 Å². The molecule has 0 saturated heterocycles. The molecule has 0 unspecified atom stereocenters. The number of anilines is 1. The topological polar surface area (TPSA) is 85.1 Å². The van der Waals surface area contributed by atoms with Crippen molar-refractivity contribution in [2.24, 2.45) is 0 Å². The fourth-order valence-corrected chi connectivity index (χ4v) is 2.80. The van der Waals surface area contributed by atoms with E-state index in [1.54, 1.807) is 23.0 Å². The van der Waals surface area contributed by atoms with E-state index in [1.165, 1.54) is 0 Å². The Labute approximate surface area is 161 Å². The first-order chi connectivity index (χ1) is 13.7. The summed E-state index contributed by atoms with van der Waals surface area (Å²) in [6, 6.07) is 15.1. The minimum absolute atomic E-state index is 0.0298. The monoisotopic (exact) mass is 370 g/mol. The van der Waals surface area contributed by atoms with Crippen molar-refractivity contribution >= 4 is 17.2 Å². The van der Waals surface area contributed by atoms with Crippen LogP contribution in [0, 0.1) is 0 Å². The van der Waals surface area contributed by atoms with Gasteiger partial charge in [-0.2, -0.15) is 9.61 Å². The Kier molecular flexibility index (Phi) is 4.88. The Balaban J connectivity index is 1.61. The minimum Gasteiger partial charge on any atom is -0.326 e. The van der Waals surface area contributed by atoms with E-state index in [9.17, 15) is 4.79 Å². The molecule has 0 atom stereocenters. The van der Waals surface area contributed by atoms with Crippen molar-refractivity contribution in [1.82, 2.24) is 24.8 Å². The van der Waals surface area contributed by atoms with E-state index in [1.807, 2.05) is 48.5 Å². The quantitative estimate of drug-likeness (QED) is 0.522. The highest BCUT2D eigenvalue weighted by molar-refractivity contribution is 5.91. The average Bonchev–Trinajstić information content (AvgIpc) is 3.17. The fraction of sp³-hybridized carbons (Fsp3) is 0.0952. The number of pyridine rings is 1. The molecule has 28 heavy (non-hydrogen) atoms. The number of nitrogens with zero attached hydrogens (tertiary/aromatic N) is 5. The number of benzene rings is 1. The molecule has 3 aromatic heterocycles. The second-order valence-corrected chi connectivity index (χ2v) is 6.21. The molecule has 0 radical (unpaired) electrons. The van der Waals surface area contributed by atoms with Gasteiger partial charge in [0, 0.05) is 35.6 Å². The summed E-state index contributed by atoms with van der Waals surface area (Å²) >= 11 is 0. The first-order valence-corrected chi connectivity index (χ1v) is 8.88. The maximum absolute atomic E-state index is 11.8. The van der Waals surface area contributed by atoms with Crippen LogP contribution in [0.25, 0.3) is 28.3 Å². The van der Waals surface area contributed by atoms with Gasteiger partial charge in [-0.1, -0.05) is 18.2 Å². The zero-order valence-corrected chi connectivity index (χ0v) is 15.1. The van der Waals surface area contributed by atoms with Gasteiger partial charge < -0.3 is 5.32 Å². The maximum atomic E-state index is 11.8. The number of rotatable bonds is 6. The van der Waals surface area contributed by atoms with Gasteiger partial charge in [0.15, 0.2) is 11.5 Å². The highest BCUT2D eigenvalue weighted by Gasteiger charge is 2.11. The first kappa shape index (κ1) is 17.5. The molecule has 1 aromatic carbocycles. The predicted molar refractivity (Wildman–Crippen MR) is 108 cm³/mol. The standard InChI is InChI=1S/C21H18N6O/c1-2-3-6-20(28)23-17-9-7-15(8-10-17)18-11-12-19-24-25-21(27(19)26-18)16-5-4-13-22-14-16/h2,4-5,7-14H,1,3,6H2,(H,23,28). The molecular formula is C21H18N6O. The van der Waals surface area contributed by atoms with Gasteiger partial charge in [0.1, 0.15) is 0 Å². The Morgan fingerprint density at radius 3 is 2.68 bits per heavy atom. The van der Waals surface area contributed by atoms with Crippen LogP contribution >= 0.6 is 0 Å². The normalized spacial score (nSPS) is 10.7. The third kappa shape index (κ3) is 3.64. The van der Waals surface area contributed by atoms with Crippen LogP contribution in [0.1, 0.15) is 12.8 Å². The van der Waals surface area contributed by atoms with Crippen molar-refractivity contribution < 1.29 is 4.79 Å². The van der Waals surface area contributed by atoms with E-state index < -0.39 is 0 Å². The summed E-state index contributed by atoms with van der Waals surface area (Å²) in [6.07, 6.45) is 6.26. The highest BCUT2D eigenvalue weighted by atomic mass is 16.1. The van der Waals surface area contributed by atoms with Crippen LogP contribution in [0.4, 0.5) is 5.69 Å². The molecule has 0 aliphatic carbocycles. The zero-order valence-electron chi connectivity index (χ0n) is 15.1. The fourth-order valence-electron chi connectivity index (χ4n) is 2.80. The number of hydrogen-bond acceptors (Lipinski definition) is 5. The molecule has 0 spiro atoms. The molecule has 4 rings (SSSR count). The zero-order chi connectivity index (χ0) is 19.3. The van der Waals surface area contributed by atoms with Crippen molar-refractivity contribution in [2.45, 2.75) is 12.8 Å². The van der Waals surface area contributed by atoms with Gasteiger partial charge in [-0.05, 0) is 42.8 Å². The average molecular weight is 370 g/mol. The van der Waals surface area contributed by atoms with Crippen molar-refractivity contribution in [3.05, 3.63) is 73.6 Å². The maximum Gasteiger partial charge on any atom is 0.224 e. The number of carbonyl (C=O) groups is 1. The molecule has 1 amide bonds. The molecule has 0 saturated carbocycles. The molecule has 0 aliphatic heterocycles. The molecule has 0 fully saturated rings. The molecule has 3 heterocycles. The summed E-state index contributed by atoms with van der Waals surface area (Å²) in [6.45, 7) is 3.63. The summed E-state index contributed by atoms with van der Waals surface area (Å²) in [5, 5.41) is 15.9. The predicted octanol–water partition coefficient (Wildman–Crippen LogP) is 3.76. The number of allylic oxidation sites excluding steroid dienone is 1. The molecule has 138 valence electrons. The Morgan fingerprint density at radius 2 is 1.93 bits per heavy atom. The lowest BCUT2D eigenvalue weighted by Gasteiger charge is -2.06. The van der Waals surface area contributed by atoms with Crippen molar-refractivity contribution in [3.63, 3.8) is 0 Å². The van der Waals surface area contributed by atoms with Gasteiger partial charge in [-0.15, -0.1) is 16.8 Å². The summed E-state index contributed by atoms with van der Waals surface area (Å²) in [4.78, 5) is 16.0. The van der Waals surface area contributed by atoms with Crippen LogP contribution in [0.3, 0.4) is 0 Å². The van der Waals surface area contributed by atoms with Crippen molar-refractivity contribution in [1.29, 1.82) is 0 Å². The molecule has 7 heteroatoms. The number of fused-ring (bicyclic) bond motifs is 1. The Hall–Kier alpha value is -3.87. The van der Waals surface area contributed by atoms with E-state index in [-0.39, 0.29) is 5.91 Å². The summed E-state index contributed by atoms with van der Waals surface area (Å²) < 4.78 is 1.71.